The number of hydrogen-bond acceptors (Lipinski definition) is 4. The van der Waals surface area contributed by atoms with Gasteiger partial charge in [-0.1, -0.05) is 23.7 Å². The van der Waals surface area contributed by atoms with Crippen molar-refractivity contribution in [2.24, 2.45) is 0 Å². The standard InChI is InChI=1S/C13H14ClN3S/c1-18-11-4-2-9(3-5-11)7-16-13-12(15)6-10(14)8-17-13/h2-6,8H,7,15H2,1H3,(H,16,17). The van der Waals surface area contributed by atoms with Crippen LogP contribution in [0.25, 0.3) is 0 Å². The molecule has 0 aliphatic rings. The first kappa shape index (κ1) is 13.1. The molecule has 2 aromatic rings. The molecule has 18 heavy (non-hydrogen) atoms. The number of nitrogens with one attached hydrogen (secondary N) is 1. The van der Waals surface area contributed by atoms with Crippen LogP contribution in [0.4, 0.5) is 11.5 Å². The Hall–Kier alpha value is -1.39. The molecule has 3 nitrogen and oxygen atoms in total. The van der Waals surface area contributed by atoms with E-state index in [2.05, 4.69) is 40.8 Å². The number of aromatic nitrogens is 1. The Morgan fingerprint density at radius 3 is 2.67 bits per heavy atom. The van der Waals surface area contributed by atoms with Crippen LogP contribution in [0.2, 0.25) is 5.02 Å². The molecule has 5 heteroatoms. The van der Waals surface area contributed by atoms with Gasteiger partial charge in [-0.3, -0.25) is 0 Å². The van der Waals surface area contributed by atoms with Gasteiger partial charge in [0, 0.05) is 17.6 Å². The number of anilines is 2. The summed E-state index contributed by atoms with van der Waals surface area (Å²) in [7, 11) is 0. The minimum Gasteiger partial charge on any atom is -0.396 e. The molecule has 1 heterocycles. The van der Waals surface area contributed by atoms with Crippen molar-refractivity contribution in [1.29, 1.82) is 0 Å². The van der Waals surface area contributed by atoms with E-state index in [0.717, 1.165) is 0 Å². The summed E-state index contributed by atoms with van der Waals surface area (Å²) in [4.78, 5) is 5.41. The number of nitrogens with two attached hydrogens (primary N) is 1. The molecular formula is C13H14ClN3S. The van der Waals surface area contributed by atoms with Gasteiger partial charge in [-0.2, -0.15) is 0 Å². The van der Waals surface area contributed by atoms with Crippen LogP contribution in [0.15, 0.2) is 41.4 Å². The Bertz CT molecular complexity index is 528. The molecule has 0 bridgehead atoms. The number of pyridine rings is 1. The number of benzene rings is 1. The van der Waals surface area contributed by atoms with Gasteiger partial charge in [0.15, 0.2) is 0 Å². The molecule has 94 valence electrons. The van der Waals surface area contributed by atoms with E-state index in [9.17, 15) is 0 Å². The quantitative estimate of drug-likeness (QED) is 0.839. The molecule has 2 rings (SSSR count). The van der Waals surface area contributed by atoms with Gasteiger partial charge in [-0.15, -0.1) is 11.8 Å². The Morgan fingerprint density at radius 2 is 2.06 bits per heavy atom. The lowest BCUT2D eigenvalue weighted by Crippen LogP contribution is -2.04. The van der Waals surface area contributed by atoms with Crippen molar-refractivity contribution in [2.75, 3.05) is 17.3 Å². The second-order valence-electron chi connectivity index (χ2n) is 3.79. The Morgan fingerprint density at radius 1 is 1.33 bits per heavy atom. The zero-order chi connectivity index (χ0) is 13.0. The van der Waals surface area contributed by atoms with Crippen LogP contribution in [-0.4, -0.2) is 11.2 Å². The lowest BCUT2D eigenvalue weighted by atomic mass is 10.2. The monoisotopic (exact) mass is 279 g/mol. The van der Waals surface area contributed by atoms with Crippen LogP contribution in [0, 0.1) is 0 Å². The van der Waals surface area contributed by atoms with E-state index in [-0.39, 0.29) is 0 Å². The lowest BCUT2D eigenvalue weighted by molar-refractivity contribution is 1.11. The van der Waals surface area contributed by atoms with Crippen LogP contribution in [0.3, 0.4) is 0 Å². The molecule has 0 aliphatic carbocycles. The number of nitrogens with zero attached hydrogens (tertiary/aromatic N) is 1. The Balaban J connectivity index is 2.02. The predicted molar refractivity (Wildman–Crippen MR) is 79.2 cm³/mol. The first-order valence-corrected chi connectivity index (χ1v) is 7.07. The van der Waals surface area contributed by atoms with Crippen LogP contribution in [0.5, 0.6) is 0 Å². The second kappa shape index (κ2) is 5.98. The minimum absolute atomic E-state index is 0.544. The molecule has 1 aromatic carbocycles. The number of rotatable bonds is 4. The third-order valence-corrected chi connectivity index (χ3v) is 3.45. The molecule has 0 amide bonds. The van der Waals surface area contributed by atoms with E-state index < -0.39 is 0 Å². The third-order valence-electron chi connectivity index (χ3n) is 2.50. The maximum absolute atomic E-state index is 5.82. The number of nitrogen functional groups attached to an aromatic ring is 1. The zero-order valence-electron chi connectivity index (χ0n) is 9.98. The maximum Gasteiger partial charge on any atom is 0.149 e. The highest BCUT2D eigenvalue weighted by atomic mass is 35.5. The van der Waals surface area contributed by atoms with Crippen molar-refractivity contribution in [1.82, 2.24) is 4.98 Å². The van der Waals surface area contributed by atoms with Crippen molar-refractivity contribution < 1.29 is 0 Å². The topological polar surface area (TPSA) is 50.9 Å². The zero-order valence-corrected chi connectivity index (χ0v) is 11.6. The largest absolute Gasteiger partial charge is 0.396 e. The Labute approximate surface area is 116 Å². The van der Waals surface area contributed by atoms with Gasteiger partial charge in [-0.05, 0) is 30.0 Å². The molecule has 3 N–H and O–H groups in total. The number of hydrogen-bond donors (Lipinski definition) is 2. The average molecular weight is 280 g/mol. The fourth-order valence-electron chi connectivity index (χ4n) is 1.53. The van der Waals surface area contributed by atoms with Crippen LogP contribution in [-0.2, 0) is 6.54 Å². The fraction of sp³-hybridized carbons (Fsp3) is 0.154. The van der Waals surface area contributed by atoms with Crippen LogP contribution < -0.4 is 11.1 Å². The number of halogens is 1. The highest BCUT2D eigenvalue weighted by Gasteiger charge is 2.01. The average Bonchev–Trinajstić information content (AvgIpc) is 2.38. The summed E-state index contributed by atoms with van der Waals surface area (Å²) in [6, 6.07) is 10.1. The third kappa shape index (κ3) is 3.31. The van der Waals surface area contributed by atoms with Crippen molar-refractivity contribution >= 4 is 34.9 Å². The van der Waals surface area contributed by atoms with E-state index in [1.54, 1.807) is 24.0 Å². The highest BCUT2D eigenvalue weighted by molar-refractivity contribution is 7.98. The van der Waals surface area contributed by atoms with Crippen molar-refractivity contribution in [3.63, 3.8) is 0 Å². The van der Waals surface area contributed by atoms with Crippen LogP contribution >= 0.6 is 23.4 Å². The van der Waals surface area contributed by atoms with Gasteiger partial charge >= 0.3 is 0 Å². The van der Waals surface area contributed by atoms with E-state index in [0.29, 0.717) is 23.1 Å². The molecule has 0 saturated heterocycles. The second-order valence-corrected chi connectivity index (χ2v) is 5.11. The van der Waals surface area contributed by atoms with Gasteiger partial charge in [-0.25, -0.2) is 4.98 Å². The van der Waals surface area contributed by atoms with Gasteiger partial charge in [0.05, 0.1) is 10.7 Å². The molecule has 0 atom stereocenters. The fourth-order valence-corrected chi connectivity index (χ4v) is 2.11. The van der Waals surface area contributed by atoms with E-state index in [1.165, 1.54) is 10.5 Å². The predicted octanol–water partition coefficient (Wildman–Crippen LogP) is 3.65. The Kier molecular flexibility index (Phi) is 4.33. The van der Waals surface area contributed by atoms with E-state index >= 15 is 0 Å². The summed E-state index contributed by atoms with van der Waals surface area (Å²) in [5.41, 5.74) is 7.56. The minimum atomic E-state index is 0.544. The SMILES string of the molecule is CSc1ccc(CNc2ncc(Cl)cc2N)cc1. The van der Waals surface area contributed by atoms with Crippen LogP contribution in [0.1, 0.15) is 5.56 Å². The van der Waals surface area contributed by atoms with Gasteiger partial charge in [0.2, 0.25) is 0 Å². The van der Waals surface area contributed by atoms with Gasteiger partial charge in [0.1, 0.15) is 5.82 Å². The molecule has 0 aliphatic heterocycles. The first-order chi connectivity index (χ1) is 8.69. The molecular weight excluding hydrogens is 266 g/mol. The summed E-state index contributed by atoms with van der Waals surface area (Å²) in [5.74, 6) is 0.661. The summed E-state index contributed by atoms with van der Waals surface area (Å²) >= 11 is 7.52. The van der Waals surface area contributed by atoms with Crippen molar-refractivity contribution in [2.45, 2.75) is 11.4 Å². The van der Waals surface area contributed by atoms with E-state index in [4.69, 9.17) is 17.3 Å². The first-order valence-electron chi connectivity index (χ1n) is 5.47. The molecule has 0 radical (unpaired) electrons. The molecule has 0 spiro atoms. The number of thioether (sulfide) groups is 1. The van der Waals surface area contributed by atoms with Crippen molar-refractivity contribution in [3.05, 3.63) is 47.1 Å². The maximum atomic E-state index is 5.82. The van der Waals surface area contributed by atoms with E-state index in [1.807, 2.05) is 0 Å². The van der Waals surface area contributed by atoms with Gasteiger partial charge < -0.3 is 11.1 Å². The summed E-state index contributed by atoms with van der Waals surface area (Å²) in [5, 5.41) is 3.74. The molecule has 1 aromatic heterocycles. The molecule has 0 unspecified atom stereocenters. The normalized spacial score (nSPS) is 10.3. The smallest absolute Gasteiger partial charge is 0.149 e. The molecule has 0 saturated carbocycles. The highest BCUT2D eigenvalue weighted by Crippen LogP contribution is 2.20. The summed E-state index contributed by atoms with van der Waals surface area (Å²) in [6.07, 6.45) is 3.64. The van der Waals surface area contributed by atoms with Crippen molar-refractivity contribution in [3.8, 4) is 0 Å². The summed E-state index contributed by atoms with van der Waals surface area (Å²) < 4.78 is 0. The molecule has 0 fully saturated rings. The summed E-state index contributed by atoms with van der Waals surface area (Å²) in [6.45, 7) is 0.688. The van der Waals surface area contributed by atoms with Gasteiger partial charge in [0.25, 0.3) is 0 Å². The lowest BCUT2D eigenvalue weighted by Gasteiger charge is -2.08.